The van der Waals surface area contributed by atoms with Crippen molar-refractivity contribution in [3.63, 3.8) is 0 Å². The van der Waals surface area contributed by atoms with Crippen molar-refractivity contribution in [1.82, 2.24) is 15.5 Å². The average molecular weight is 426 g/mol. The van der Waals surface area contributed by atoms with E-state index in [4.69, 9.17) is 4.74 Å². The number of fused-ring (bicyclic) bond motifs is 1. The number of nitrogens with one attached hydrogen (secondary N) is 2. The Labute approximate surface area is 185 Å². The molecule has 31 heavy (non-hydrogen) atoms. The van der Waals surface area contributed by atoms with Crippen LogP contribution in [0.1, 0.15) is 56.9 Å². The highest BCUT2D eigenvalue weighted by atomic mass is 16.5. The Morgan fingerprint density at radius 1 is 1.13 bits per heavy atom. The van der Waals surface area contributed by atoms with E-state index < -0.39 is 0 Å². The Hall–Kier alpha value is -2.34. The molecule has 6 heteroatoms. The number of nitrogens with zero attached hydrogens (tertiary/aromatic N) is 1. The molecule has 1 aliphatic carbocycles. The minimum absolute atomic E-state index is 0.0528. The molecule has 3 unspecified atom stereocenters. The van der Waals surface area contributed by atoms with E-state index in [0.29, 0.717) is 12.2 Å². The molecule has 0 bridgehead atoms. The number of hydrogen-bond donors (Lipinski definition) is 2. The Morgan fingerprint density at radius 2 is 1.90 bits per heavy atom. The molecule has 3 atom stereocenters. The van der Waals surface area contributed by atoms with E-state index in [1.54, 1.807) is 6.08 Å². The first-order valence-electron chi connectivity index (χ1n) is 11.9. The zero-order valence-corrected chi connectivity index (χ0v) is 18.4. The van der Waals surface area contributed by atoms with Gasteiger partial charge in [0, 0.05) is 12.5 Å². The normalized spacial score (nSPS) is 28.2. The summed E-state index contributed by atoms with van der Waals surface area (Å²) in [5.74, 6) is 0.240. The molecular formula is C25H35N3O3. The maximum absolute atomic E-state index is 12.7. The molecule has 0 radical (unpaired) electrons. The number of hydrogen-bond acceptors (Lipinski definition) is 4. The fourth-order valence-corrected chi connectivity index (χ4v) is 4.95. The topological polar surface area (TPSA) is 70.7 Å². The second-order valence-electron chi connectivity index (χ2n) is 9.07. The summed E-state index contributed by atoms with van der Waals surface area (Å²) in [5, 5.41) is 6.20. The van der Waals surface area contributed by atoms with Crippen LogP contribution in [0.25, 0.3) is 6.08 Å². The lowest BCUT2D eigenvalue weighted by Gasteiger charge is -2.39. The lowest BCUT2D eigenvalue weighted by molar-refractivity contribution is -0.134. The van der Waals surface area contributed by atoms with Gasteiger partial charge in [-0.25, -0.2) is 0 Å². The zero-order chi connectivity index (χ0) is 21.5. The van der Waals surface area contributed by atoms with Crippen LogP contribution in [0.2, 0.25) is 0 Å². The molecule has 168 valence electrons. The van der Waals surface area contributed by atoms with Gasteiger partial charge in [0.1, 0.15) is 6.10 Å². The van der Waals surface area contributed by atoms with Crippen molar-refractivity contribution in [1.29, 1.82) is 0 Å². The standard InChI is InChI=1S/C25H35N3O3/c29-24(26-13-8-16-28-14-6-1-2-7-15-28)20-11-12-22-21(18-20)27-25(30)23(31-22)17-19-9-4-3-5-10-19/h3-5,9-10,17,20-22H,1-2,6-8,11-16,18H2,(H,26,29)(H,27,30)/b23-17-. The summed E-state index contributed by atoms with van der Waals surface area (Å²) >= 11 is 0. The summed E-state index contributed by atoms with van der Waals surface area (Å²) in [7, 11) is 0. The molecule has 2 heterocycles. The quantitative estimate of drug-likeness (QED) is 0.543. The van der Waals surface area contributed by atoms with Gasteiger partial charge in [0.05, 0.1) is 6.04 Å². The van der Waals surface area contributed by atoms with Gasteiger partial charge in [0.25, 0.3) is 5.91 Å². The first kappa shape index (κ1) is 21.9. The summed E-state index contributed by atoms with van der Waals surface area (Å²) in [4.78, 5) is 27.7. The third-order valence-electron chi connectivity index (χ3n) is 6.72. The third kappa shape index (κ3) is 6.10. The van der Waals surface area contributed by atoms with Crippen LogP contribution in [0.5, 0.6) is 0 Å². The number of likely N-dealkylation sites (tertiary alicyclic amines) is 1. The van der Waals surface area contributed by atoms with E-state index in [-0.39, 0.29) is 29.9 Å². The number of morpholine rings is 1. The summed E-state index contributed by atoms with van der Waals surface area (Å²) < 4.78 is 6.02. The molecule has 0 spiro atoms. The number of amides is 2. The molecule has 1 saturated carbocycles. The molecule has 1 aromatic carbocycles. The second kappa shape index (κ2) is 10.8. The maximum Gasteiger partial charge on any atom is 0.286 e. The lowest BCUT2D eigenvalue weighted by atomic mass is 9.82. The van der Waals surface area contributed by atoms with Gasteiger partial charge in [-0.1, -0.05) is 43.2 Å². The summed E-state index contributed by atoms with van der Waals surface area (Å²) in [6.07, 6.45) is 10.2. The SMILES string of the molecule is O=C1NC2CC(C(=O)NCCCN3CCCCCC3)CCC2O/C1=C\c1ccccc1. The van der Waals surface area contributed by atoms with Crippen LogP contribution in [0.3, 0.4) is 0 Å². The molecule has 2 amide bonds. The van der Waals surface area contributed by atoms with Crippen molar-refractivity contribution >= 4 is 17.9 Å². The van der Waals surface area contributed by atoms with Crippen molar-refractivity contribution in [2.75, 3.05) is 26.2 Å². The molecule has 4 rings (SSSR count). The van der Waals surface area contributed by atoms with Gasteiger partial charge in [0.2, 0.25) is 5.91 Å². The van der Waals surface area contributed by atoms with Gasteiger partial charge in [-0.15, -0.1) is 0 Å². The first-order chi connectivity index (χ1) is 15.2. The largest absolute Gasteiger partial charge is 0.483 e. The maximum atomic E-state index is 12.7. The fraction of sp³-hybridized carbons (Fsp3) is 0.600. The Balaban J connectivity index is 1.21. The minimum atomic E-state index is -0.191. The van der Waals surface area contributed by atoms with Crippen LogP contribution in [-0.4, -0.2) is 55.0 Å². The van der Waals surface area contributed by atoms with Crippen molar-refractivity contribution in [2.45, 2.75) is 63.5 Å². The molecule has 2 saturated heterocycles. The van der Waals surface area contributed by atoms with Gasteiger partial charge in [-0.3, -0.25) is 9.59 Å². The average Bonchev–Trinajstić information content (AvgIpc) is 3.06. The summed E-state index contributed by atoms with van der Waals surface area (Å²) in [6, 6.07) is 9.62. The van der Waals surface area contributed by atoms with Crippen LogP contribution < -0.4 is 10.6 Å². The van der Waals surface area contributed by atoms with E-state index in [1.165, 1.54) is 38.8 Å². The van der Waals surface area contributed by atoms with E-state index >= 15 is 0 Å². The van der Waals surface area contributed by atoms with E-state index in [1.807, 2.05) is 30.3 Å². The Bertz CT molecular complexity index is 771. The molecule has 0 aromatic heterocycles. The van der Waals surface area contributed by atoms with Gasteiger partial charge in [0.15, 0.2) is 5.76 Å². The van der Waals surface area contributed by atoms with Crippen LogP contribution >= 0.6 is 0 Å². The third-order valence-corrected chi connectivity index (χ3v) is 6.72. The van der Waals surface area contributed by atoms with Crippen molar-refractivity contribution in [3.8, 4) is 0 Å². The number of rotatable bonds is 6. The molecule has 2 aliphatic heterocycles. The number of carbonyl (C=O) groups is 2. The van der Waals surface area contributed by atoms with E-state index in [0.717, 1.165) is 37.9 Å². The van der Waals surface area contributed by atoms with Crippen LogP contribution in [0, 0.1) is 5.92 Å². The number of ether oxygens (including phenoxy) is 1. The van der Waals surface area contributed by atoms with Crippen LogP contribution in [0.15, 0.2) is 36.1 Å². The van der Waals surface area contributed by atoms with Gasteiger partial charge in [-0.05, 0) is 69.8 Å². The Kier molecular flexibility index (Phi) is 7.62. The second-order valence-corrected chi connectivity index (χ2v) is 9.07. The fourth-order valence-electron chi connectivity index (χ4n) is 4.95. The molecule has 3 fully saturated rings. The van der Waals surface area contributed by atoms with Crippen molar-refractivity contribution in [3.05, 3.63) is 41.7 Å². The molecular weight excluding hydrogens is 390 g/mol. The van der Waals surface area contributed by atoms with Crippen LogP contribution in [0.4, 0.5) is 0 Å². The predicted octanol–water partition coefficient (Wildman–Crippen LogP) is 3.09. The highest BCUT2D eigenvalue weighted by Gasteiger charge is 2.40. The monoisotopic (exact) mass is 425 g/mol. The van der Waals surface area contributed by atoms with Crippen LogP contribution in [-0.2, 0) is 14.3 Å². The van der Waals surface area contributed by atoms with Gasteiger partial charge >= 0.3 is 0 Å². The van der Waals surface area contributed by atoms with E-state index in [9.17, 15) is 9.59 Å². The highest BCUT2D eigenvalue weighted by Crippen LogP contribution is 2.31. The summed E-state index contributed by atoms with van der Waals surface area (Å²) in [5.41, 5.74) is 0.944. The minimum Gasteiger partial charge on any atom is -0.483 e. The van der Waals surface area contributed by atoms with Gasteiger partial charge < -0.3 is 20.3 Å². The van der Waals surface area contributed by atoms with Crippen molar-refractivity contribution < 1.29 is 14.3 Å². The number of benzene rings is 1. The van der Waals surface area contributed by atoms with Gasteiger partial charge in [-0.2, -0.15) is 0 Å². The van der Waals surface area contributed by atoms with Crippen molar-refractivity contribution in [2.24, 2.45) is 5.92 Å². The molecule has 3 aliphatic rings. The summed E-state index contributed by atoms with van der Waals surface area (Å²) in [6.45, 7) is 4.18. The van der Waals surface area contributed by atoms with E-state index in [2.05, 4.69) is 15.5 Å². The first-order valence-corrected chi connectivity index (χ1v) is 11.9. The smallest absolute Gasteiger partial charge is 0.286 e. The molecule has 2 N–H and O–H groups in total. The molecule has 6 nitrogen and oxygen atoms in total. The Morgan fingerprint density at radius 3 is 2.68 bits per heavy atom. The number of carbonyl (C=O) groups excluding carboxylic acids is 2. The molecule has 1 aromatic rings. The highest BCUT2D eigenvalue weighted by molar-refractivity contribution is 5.96. The predicted molar refractivity (Wildman–Crippen MR) is 121 cm³/mol. The zero-order valence-electron chi connectivity index (χ0n) is 18.4. The lowest BCUT2D eigenvalue weighted by Crippen LogP contribution is -2.54.